The zero-order chi connectivity index (χ0) is 18.4. The van der Waals surface area contributed by atoms with E-state index in [4.69, 9.17) is 9.47 Å². The molecule has 0 amide bonds. The number of hydrogen-bond donors (Lipinski definition) is 0. The molecule has 5 aliphatic carbocycles. The molecule has 6 fully saturated rings. The Kier molecular flexibility index (Phi) is 2.46. The van der Waals surface area contributed by atoms with Crippen molar-refractivity contribution in [2.75, 3.05) is 0 Å². The number of hydrogen-bond acceptors (Lipinski definition) is 4. The highest BCUT2D eigenvalue weighted by atomic mass is 16.6. The van der Waals surface area contributed by atoms with Gasteiger partial charge in [-0.2, -0.15) is 0 Å². The number of esters is 1. The molecule has 4 saturated carbocycles. The fraction of sp³-hybridized carbons (Fsp3) is 0.826. The molecule has 2 spiro atoms. The Morgan fingerprint density at radius 2 is 1.93 bits per heavy atom. The molecule has 7 aliphatic rings. The third kappa shape index (κ3) is 1.47. The van der Waals surface area contributed by atoms with Gasteiger partial charge in [-0.05, 0) is 50.4 Å². The third-order valence-electron chi connectivity index (χ3n) is 10.4. The van der Waals surface area contributed by atoms with E-state index in [9.17, 15) is 9.59 Å². The number of carbonyl (C=O) groups excluding carboxylic acids is 2. The van der Waals surface area contributed by atoms with Crippen molar-refractivity contribution < 1.29 is 19.1 Å². The Labute approximate surface area is 160 Å². The number of carbonyl (C=O) groups is 2. The van der Waals surface area contributed by atoms with Crippen LogP contribution in [0.5, 0.6) is 0 Å². The molecule has 4 nitrogen and oxygen atoms in total. The monoisotopic (exact) mass is 368 g/mol. The lowest BCUT2D eigenvalue weighted by atomic mass is 9.46. The van der Waals surface area contributed by atoms with Gasteiger partial charge in [-0.1, -0.05) is 25.0 Å². The second-order valence-corrected chi connectivity index (χ2v) is 11.0. The number of Topliss-reactive ketones (excluding diaryl/α,β-unsaturated/α-hetero) is 1. The van der Waals surface area contributed by atoms with Gasteiger partial charge in [0.25, 0.3) is 0 Å². The van der Waals surface area contributed by atoms with Gasteiger partial charge in [0.1, 0.15) is 17.0 Å². The van der Waals surface area contributed by atoms with E-state index in [1.165, 1.54) is 18.4 Å². The van der Waals surface area contributed by atoms with Crippen LogP contribution in [0.15, 0.2) is 11.1 Å². The first-order valence-electron chi connectivity index (χ1n) is 11.0. The molecule has 27 heavy (non-hydrogen) atoms. The number of ketones is 1. The molecule has 8 atom stereocenters. The largest absolute Gasteiger partial charge is 0.458 e. The average molecular weight is 368 g/mol. The van der Waals surface area contributed by atoms with Crippen LogP contribution in [0.1, 0.15) is 71.6 Å². The van der Waals surface area contributed by atoms with Crippen molar-refractivity contribution in [3.8, 4) is 0 Å². The lowest BCUT2D eigenvalue weighted by molar-refractivity contribution is -0.164. The molecule has 2 heterocycles. The Bertz CT molecular complexity index is 858. The third-order valence-corrected chi connectivity index (χ3v) is 10.4. The maximum Gasteiger partial charge on any atom is 0.306 e. The lowest BCUT2D eigenvalue weighted by Gasteiger charge is -2.56. The highest BCUT2D eigenvalue weighted by Crippen LogP contribution is 2.81. The number of fused-ring (bicyclic) bond motifs is 6. The van der Waals surface area contributed by atoms with Crippen molar-refractivity contribution in [3.05, 3.63) is 11.1 Å². The summed E-state index contributed by atoms with van der Waals surface area (Å²) < 4.78 is 12.8. The number of rotatable bonds is 0. The van der Waals surface area contributed by atoms with Gasteiger partial charge in [-0.25, -0.2) is 0 Å². The van der Waals surface area contributed by atoms with Gasteiger partial charge in [0.15, 0.2) is 0 Å². The summed E-state index contributed by atoms with van der Waals surface area (Å²) in [5.74, 6) is 2.20. The summed E-state index contributed by atoms with van der Waals surface area (Å²) in [6.45, 7) is 4.81. The zero-order valence-corrected chi connectivity index (χ0v) is 16.3. The van der Waals surface area contributed by atoms with Crippen LogP contribution in [0, 0.1) is 28.6 Å². The van der Waals surface area contributed by atoms with Crippen LogP contribution in [-0.4, -0.2) is 29.1 Å². The first kappa shape index (κ1) is 15.7. The second-order valence-electron chi connectivity index (χ2n) is 11.0. The highest BCUT2D eigenvalue weighted by molar-refractivity contribution is 5.84. The first-order chi connectivity index (χ1) is 12.8. The zero-order valence-electron chi connectivity index (χ0n) is 16.3. The summed E-state index contributed by atoms with van der Waals surface area (Å²) in [6.07, 6.45) is 8.54. The van der Waals surface area contributed by atoms with Gasteiger partial charge in [-0.3, -0.25) is 9.59 Å². The van der Waals surface area contributed by atoms with Gasteiger partial charge in [-0.15, -0.1) is 0 Å². The van der Waals surface area contributed by atoms with Crippen molar-refractivity contribution in [1.82, 2.24) is 0 Å². The molecule has 0 aromatic carbocycles. The lowest BCUT2D eigenvalue weighted by Crippen LogP contribution is -2.60. The smallest absolute Gasteiger partial charge is 0.306 e. The quantitative estimate of drug-likeness (QED) is 0.371. The molecule has 144 valence electrons. The Morgan fingerprint density at radius 3 is 2.70 bits per heavy atom. The Balaban J connectivity index is 1.36. The van der Waals surface area contributed by atoms with E-state index in [0.717, 1.165) is 25.7 Å². The van der Waals surface area contributed by atoms with Crippen molar-refractivity contribution in [3.63, 3.8) is 0 Å². The summed E-state index contributed by atoms with van der Waals surface area (Å²) >= 11 is 0. The SMILES string of the molecule is C[C@]12CCC(=O)CC1=C1C[C@H]1[C@H]1[C@@H]3CC[C@@]4(CCC(=O)O4)[C@@]3(C)C[C@H]3OC132. The second kappa shape index (κ2) is 4.22. The number of ether oxygens (including phenoxy) is 2. The Hall–Kier alpha value is -1.16. The van der Waals surface area contributed by atoms with E-state index in [2.05, 4.69) is 13.8 Å². The van der Waals surface area contributed by atoms with Crippen molar-refractivity contribution >= 4 is 11.8 Å². The minimum absolute atomic E-state index is 0.00104. The molecule has 0 aromatic rings. The molecular formula is C23H28O4. The maximum atomic E-state index is 12.2. The molecule has 0 N–H and O–H groups in total. The van der Waals surface area contributed by atoms with Crippen LogP contribution in [0.2, 0.25) is 0 Å². The van der Waals surface area contributed by atoms with E-state index < -0.39 is 0 Å². The van der Waals surface area contributed by atoms with Crippen molar-refractivity contribution in [2.24, 2.45) is 28.6 Å². The molecule has 4 heteroatoms. The summed E-state index contributed by atoms with van der Waals surface area (Å²) in [4.78, 5) is 24.3. The predicted molar refractivity (Wildman–Crippen MR) is 96.7 cm³/mol. The topological polar surface area (TPSA) is 55.9 Å². The van der Waals surface area contributed by atoms with Crippen LogP contribution in [0.3, 0.4) is 0 Å². The van der Waals surface area contributed by atoms with Crippen LogP contribution in [0.4, 0.5) is 0 Å². The maximum absolute atomic E-state index is 12.2. The highest BCUT2D eigenvalue weighted by Gasteiger charge is 2.84. The molecule has 1 unspecified atom stereocenters. The van der Waals surface area contributed by atoms with E-state index in [0.29, 0.717) is 42.8 Å². The summed E-state index contributed by atoms with van der Waals surface area (Å²) in [5, 5.41) is 0. The first-order valence-corrected chi connectivity index (χ1v) is 11.0. The van der Waals surface area contributed by atoms with Crippen LogP contribution >= 0.6 is 0 Å². The van der Waals surface area contributed by atoms with Gasteiger partial charge in [0.05, 0.1) is 6.10 Å². The van der Waals surface area contributed by atoms with Gasteiger partial charge >= 0.3 is 5.97 Å². The van der Waals surface area contributed by atoms with Crippen LogP contribution in [0.25, 0.3) is 0 Å². The average Bonchev–Trinajstić information content (AvgIpc) is 3.49. The number of epoxide rings is 1. The van der Waals surface area contributed by atoms with Gasteiger partial charge in [0, 0.05) is 36.0 Å². The standard InChI is InChI=1S/C23H28O4/c1-20-6-3-12(24)9-16(20)13-10-14(13)19-15-4-7-22(8-5-18(25)27-22)21(15,2)11-17-23(19,20)26-17/h14-15,17,19H,3-11H2,1-2H3/t14-,15+,17-,19+,20+,21+,22-,23?/m1/s1. The van der Waals surface area contributed by atoms with Crippen LogP contribution in [-0.2, 0) is 19.1 Å². The van der Waals surface area contributed by atoms with Crippen molar-refractivity contribution in [2.45, 2.75) is 88.9 Å². The molecular weight excluding hydrogens is 340 g/mol. The van der Waals surface area contributed by atoms with Gasteiger partial charge in [0.2, 0.25) is 0 Å². The summed E-state index contributed by atoms with van der Waals surface area (Å²) in [6, 6.07) is 0. The van der Waals surface area contributed by atoms with E-state index in [-0.39, 0.29) is 34.1 Å². The fourth-order valence-electron chi connectivity index (χ4n) is 9.04. The Morgan fingerprint density at radius 1 is 1.07 bits per heavy atom. The molecule has 0 aromatic heterocycles. The molecule has 7 rings (SSSR count). The molecule has 2 aliphatic heterocycles. The fourth-order valence-corrected chi connectivity index (χ4v) is 9.04. The van der Waals surface area contributed by atoms with E-state index in [1.54, 1.807) is 5.57 Å². The molecule has 0 bridgehead atoms. The minimum atomic E-state index is -0.241. The van der Waals surface area contributed by atoms with Crippen molar-refractivity contribution in [1.29, 1.82) is 0 Å². The molecule has 2 saturated heterocycles. The predicted octanol–water partition coefficient (Wildman–Crippen LogP) is 3.73. The number of allylic oxidation sites excluding steroid dienone is 1. The summed E-state index contributed by atoms with van der Waals surface area (Å²) in [5.41, 5.74) is 2.90. The summed E-state index contributed by atoms with van der Waals surface area (Å²) in [7, 11) is 0. The van der Waals surface area contributed by atoms with E-state index in [1.807, 2.05) is 0 Å². The van der Waals surface area contributed by atoms with Crippen LogP contribution < -0.4 is 0 Å². The molecule has 0 radical (unpaired) electrons. The minimum Gasteiger partial charge on any atom is -0.458 e. The van der Waals surface area contributed by atoms with E-state index >= 15 is 0 Å². The van der Waals surface area contributed by atoms with Gasteiger partial charge < -0.3 is 9.47 Å². The normalized spacial score (nSPS) is 59.6.